The number of aliphatic hydroxyl groups excluding tert-OH is 6. The summed E-state index contributed by atoms with van der Waals surface area (Å²) in [4.78, 5) is 14.4. The molecule has 9 heteroatoms. The Labute approximate surface area is 268 Å². The predicted octanol–water partition coefficient (Wildman–Crippen LogP) is 3.46. The minimum absolute atomic E-state index is 0.00749. The molecule has 45 heavy (non-hydrogen) atoms. The number of hydrogen-bond acceptors (Lipinski definition) is 9. The lowest BCUT2D eigenvalue weighted by Crippen LogP contribution is -2.66. The van der Waals surface area contributed by atoms with Crippen molar-refractivity contribution in [3.8, 4) is 0 Å². The van der Waals surface area contributed by atoms with Crippen LogP contribution in [-0.2, 0) is 14.3 Å². The molecule has 2 unspecified atom stereocenters. The number of carbonyl (C=O) groups excluding carboxylic acids is 1. The molecule has 4 saturated carbocycles. The number of fused-ring (bicyclic) bond motifs is 7. The Kier molecular flexibility index (Phi) is 8.25. The lowest BCUT2D eigenvalue weighted by Gasteiger charge is -2.71. The Morgan fingerprint density at radius 1 is 0.867 bits per heavy atom. The van der Waals surface area contributed by atoms with Crippen molar-refractivity contribution in [3.05, 3.63) is 11.6 Å². The van der Waals surface area contributed by atoms with E-state index in [2.05, 4.69) is 47.6 Å². The number of rotatable bonds is 4. The molecule has 6 rings (SSSR count). The van der Waals surface area contributed by atoms with Crippen LogP contribution in [0.15, 0.2) is 11.6 Å². The van der Waals surface area contributed by atoms with Gasteiger partial charge in [-0.25, -0.2) is 0 Å². The van der Waals surface area contributed by atoms with Crippen LogP contribution < -0.4 is 0 Å². The van der Waals surface area contributed by atoms with E-state index in [-0.39, 0.29) is 40.1 Å². The summed E-state index contributed by atoms with van der Waals surface area (Å²) in [5.41, 5.74) is -0.0979. The van der Waals surface area contributed by atoms with Crippen LogP contribution in [0.4, 0.5) is 0 Å². The van der Waals surface area contributed by atoms with Gasteiger partial charge in [-0.2, -0.15) is 0 Å². The highest BCUT2D eigenvalue weighted by Crippen LogP contribution is 2.75. The van der Waals surface area contributed by atoms with E-state index < -0.39 is 60.2 Å². The number of ether oxygens (including phenoxy) is 2. The molecule has 0 bridgehead atoms. The first-order valence-electron chi connectivity index (χ1n) is 17.5. The molecule has 6 aliphatic rings. The van der Waals surface area contributed by atoms with Crippen molar-refractivity contribution in [2.24, 2.45) is 50.2 Å². The first-order chi connectivity index (χ1) is 20.9. The molecule has 0 amide bonds. The Hall–Kier alpha value is -1.07. The Morgan fingerprint density at radius 2 is 1.56 bits per heavy atom. The average Bonchev–Trinajstić information content (AvgIpc) is 2.99. The molecule has 0 aromatic heterocycles. The summed E-state index contributed by atoms with van der Waals surface area (Å²) in [6.07, 6.45) is 2.92. The molecular formula is C36H58O9. The first-order valence-corrected chi connectivity index (χ1v) is 17.5. The summed E-state index contributed by atoms with van der Waals surface area (Å²) in [7, 11) is 0. The summed E-state index contributed by atoms with van der Waals surface area (Å²) in [5, 5.41) is 62.6. The van der Waals surface area contributed by atoms with Gasteiger partial charge < -0.3 is 40.1 Å². The minimum atomic E-state index is -1.63. The third kappa shape index (κ3) is 4.61. The third-order valence-electron chi connectivity index (χ3n) is 15.2. The second-order valence-corrected chi connectivity index (χ2v) is 17.7. The van der Waals surface area contributed by atoms with Crippen LogP contribution in [-0.4, -0.2) is 86.6 Å². The number of allylic oxidation sites excluding steroid dienone is 2. The second-order valence-electron chi connectivity index (χ2n) is 17.7. The normalized spacial score (nSPS) is 54.0. The van der Waals surface area contributed by atoms with E-state index in [0.717, 1.165) is 44.9 Å². The third-order valence-corrected chi connectivity index (χ3v) is 15.2. The molecule has 256 valence electrons. The second kappa shape index (κ2) is 11.0. The summed E-state index contributed by atoms with van der Waals surface area (Å²) in [5.74, 6) is 0.149. The smallest absolute Gasteiger partial charge is 0.315 e. The maximum atomic E-state index is 14.4. The molecule has 9 nitrogen and oxygen atoms in total. The topological polar surface area (TPSA) is 157 Å². The molecule has 0 radical (unpaired) electrons. The Balaban J connectivity index is 1.35. The number of hydrogen-bond donors (Lipinski definition) is 6. The molecule has 0 aromatic rings. The van der Waals surface area contributed by atoms with E-state index in [4.69, 9.17) is 9.47 Å². The van der Waals surface area contributed by atoms with E-state index in [0.29, 0.717) is 25.2 Å². The highest BCUT2D eigenvalue weighted by atomic mass is 16.7. The maximum Gasteiger partial charge on any atom is 0.315 e. The van der Waals surface area contributed by atoms with Gasteiger partial charge >= 0.3 is 5.97 Å². The monoisotopic (exact) mass is 634 g/mol. The molecule has 0 spiro atoms. The van der Waals surface area contributed by atoms with Gasteiger partial charge in [0.25, 0.3) is 0 Å². The van der Waals surface area contributed by atoms with Crippen LogP contribution in [0.1, 0.15) is 106 Å². The zero-order valence-electron chi connectivity index (χ0n) is 28.2. The van der Waals surface area contributed by atoms with Crippen molar-refractivity contribution in [1.82, 2.24) is 0 Å². The van der Waals surface area contributed by atoms with Crippen molar-refractivity contribution in [1.29, 1.82) is 0 Å². The van der Waals surface area contributed by atoms with Gasteiger partial charge in [0.15, 0.2) is 0 Å². The van der Waals surface area contributed by atoms with E-state index >= 15 is 0 Å². The zero-order valence-corrected chi connectivity index (χ0v) is 28.2. The van der Waals surface area contributed by atoms with Gasteiger partial charge in [-0.15, -0.1) is 0 Å². The van der Waals surface area contributed by atoms with Crippen LogP contribution in [0.2, 0.25) is 0 Å². The summed E-state index contributed by atoms with van der Waals surface area (Å²) in [6, 6.07) is 0. The number of esters is 1. The van der Waals surface area contributed by atoms with E-state index in [1.54, 1.807) is 0 Å². The fourth-order valence-electron chi connectivity index (χ4n) is 12.0. The van der Waals surface area contributed by atoms with E-state index in [1.807, 2.05) is 0 Å². The molecule has 5 aliphatic carbocycles. The van der Waals surface area contributed by atoms with Gasteiger partial charge in [-0.3, -0.25) is 4.79 Å². The Morgan fingerprint density at radius 3 is 2.22 bits per heavy atom. The zero-order chi connectivity index (χ0) is 33.0. The quantitative estimate of drug-likeness (QED) is 0.201. The number of carbonyl (C=O) groups is 1. The highest BCUT2D eigenvalue weighted by molar-refractivity contribution is 5.79. The van der Waals surface area contributed by atoms with Crippen molar-refractivity contribution in [3.63, 3.8) is 0 Å². The van der Waals surface area contributed by atoms with Crippen LogP contribution in [0.3, 0.4) is 0 Å². The summed E-state index contributed by atoms with van der Waals surface area (Å²) < 4.78 is 11.5. The molecule has 1 aliphatic heterocycles. The minimum Gasteiger partial charge on any atom is -0.432 e. The lowest BCUT2D eigenvalue weighted by molar-refractivity contribution is -0.297. The van der Waals surface area contributed by atoms with Crippen LogP contribution in [0, 0.1) is 50.2 Å². The van der Waals surface area contributed by atoms with Crippen molar-refractivity contribution in [2.45, 2.75) is 143 Å². The van der Waals surface area contributed by atoms with E-state index in [9.17, 15) is 35.4 Å². The van der Waals surface area contributed by atoms with Crippen LogP contribution in [0.25, 0.3) is 0 Å². The fourth-order valence-corrected chi connectivity index (χ4v) is 12.0. The standard InChI is InChI=1S/C36H58O9/c1-31(2)13-15-36(30(43)45-29-28(42)27(41)26(40)22(18-37)44-29)16-14-34(5)20(21(36)17-31)7-8-24-32(3)11-10-25(39)33(4,19-38)23(32)9-12-35(24,34)6/h7,21-29,37-42H,8-19H2,1-6H3/t21?,22-,23-,24?,25+,26-,27+,28-,29+,32+,33+,34-,35-,36+/m1/s1. The summed E-state index contributed by atoms with van der Waals surface area (Å²) in [6.45, 7) is 13.3. The fraction of sp³-hybridized carbons (Fsp3) is 0.917. The summed E-state index contributed by atoms with van der Waals surface area (Å²) >= 11 is 0. The molecule has 1 heterocycles. The largest absolute Gasteiger partial charge is 0.432 e. The van der Waals surface area contributed by atoms with Crippen molar-refractivity contribution in [2.75, 3.05) is 13.2 Å². The highest BCUT2D eigenvalue weighted by Gasteiger charge is 2.70. The van der Waals surface area contributed by atoms with Gasteiger partial charge in [0.1, 0.15) is 24.4 Å². The van der Waals surface area contributed by atoms with Gasteiger partial charge in [-0.05, 0) is 104 Å². The molecule has 5 fully saturated rings. The lowest BCUT2D eigenvalue weighted by atomic mass is 9.33. The van der Waals surface area contributed by atoms with Crippen molar-refractivity contribution < 1.29 is 44.9 Å². The number of aliphatic hydroxyl groups is 6. The molecule has 1 saturated heterocycles. The van der Waals surface area contributed by atoms with Crippen molar-refractivity contribution >= 4 is 5.97 Å². The molecule has 0 aromatic carbocycles. The average molecular weight is 635 g/mol. The van der Waals surface area contributed by atoms with E-state index in [1.165, 1.54) is 5.57 Å². The first kappa shape index (κ1) is 33.8. The molecule has 6 N–H and O–H groups in total. The molecule has 14 atom stereocenters. The van der Waals surface area contributed by atoms with Gasteiger partial charge in [0, 0.05) is 5.41 Å². The van der Waals surface area contributed by atoms with Gasteiger partial charge in [-0.1, -0.05) is 53.2 Å². The van der Waals surface area contributed by atoms with Gasteiger partial charge in [0.2, 0.25) is 6.29 Å². The predicted molar refractivity (Wildman–Crippen MR) is 166 cm³/mol. The maximum absolute atomic E-state index is 14.4. The van der Waals surface area contributed by atoms with Gasteiger partial charge in [0.05, 0.1) is 24.7 Å². The van der Waals surface area contributed by atoms with Crippen LogP contribution in [0.5, 0.6) is 0 Å². The molecular weight excluding hydrogens is 576 g/mol. The SMILES string of the molecule is CC1(C)CC[C@]2(C(=O)O[C@@H]3O[C@H](CO)[C@@H](O)[C@H](O)[C@H]3O)CC[C@]3(C)C(=CCC4[C@@]5(C)CC[C@H](O)[C@@](C)(CO)[C@@H]5CC[C@]43C)C2C1. The Bertz CT molecular complexity index is 1200. The van der Waals surface area contributed by atoms with Crippen LogP contribution >= 0.6 is 0 Å².